The number of carbonyl (C=O) groups excluding carboxylic acids is 2. The quantitative estimate of drug-likeness (QED) is 0.688. The summed E-state index contributed by atoms with van der Waals surface area (Å²) in [5.74, 6) is 0.781. The molecule has 2 rings (SSSR count). The second kappa shape index (κ2) is 11.0. The van der Waals surface area contributed by atoms with Gasteiger partial charge in [0.15, 0.2) is 0 Å². The van der Waals surface area contributed by atoms with Crippen LogP contribution < -0.4 is 15.4 Å². The predicted molar refractivity (Wildman–Crippen MR) is 102 cm³/mol. The summed E-state index contributed by atoms with van der Waals surface area (Å²) < 4.78 is 5.54. The molecule has 7 heteroatoms. The van der Waals surface area contributed by atoms with Gasteiger partial charge in [-0.2, -0.15) is 0 Å². The van der Waals surface area contributed by atoms with E-state index in [1.807, 2.05) is 6.92 Å². The van der Waals surface area contributed by atoms with E-state index in [2.05, 4.69) is 15.5 Å². The molecule has 1 aromatic carbocycles. The monoisotopic (exact) mass is 381 g/mol. The Morgan fingerprint density at radius 2 is 1.88 bits per heavy atom. The molecule has 0 spiro atoms. The van der Waals surface area contributed by atoms with Crippen LogP contribution in [0.5, 0.6) is 5.75 Å². The predicted octanol–water partition coefficient (Wildman–Crippen LogP) is 2.22. The maximum Gasteiger partial charge on any atom is 0.234 e. The molecule has 0 unspecified atom stereocenters. The summed E-state index contributed by atoms with van der Waals surface area (Å²) in [6.07, 6.45) is 3.00. The van der Waals surface area contributed by atoms with Crippen molar-refractivity contribution in [2.45, 2.75) is 38.6 Å². The molecule has 0 saturated carbocycles. The Morgan fingerprint density at radius 3 is 2.54 bits per heavy atom. The highest BCUT2D eigenvalue weighted by Crippen LogP contribution is 2.15. The van der Waals surface area contributed by atoms with Crippen molar-refractivity contribution < 1.29 is 14.3 Å². The van der Waals surface area contributed by atoms with Crippen LogP contribution >= 0.6 is 11.6 Å². The third-order valence-corrected chi connectivity index (χ3v) is 4.56. The zero-order valence-corrected chi connectivity index (χ0v) is 16.1. The second-order valence-electron chi connectivity index (χ2n) is 6.52. The first-order chi connectivity index (χ1) is 12.6. The molecule has 2 N–H and O–H groups in total. The standard InChI is InChI=1S/C19H28ClN3O3/c1-2-10-21-19(25)14-23-11-7-16(8-12-23)22-18(24)9-13-26-17-5-3-15(20)4-6-17/h3-6,16H,2,7-14H2,1H3,(H,21,25)(H,22,24). The number of carbonyl (C=O) groups is 2. The fourth-order valence-corrected chi connectivity index (χ4v) is 2.98. The van der Waals surface area contributed by atoms with Gasteiger partial charge in [-0.15, -0.1) is 0 Å². The van der Waals surface area contributed by atoms with Crippen LogP contribution in [0.2, 0.25) is 5.02 Å². The summed E-state index contributed by atoms with van der Waals surface area (Å²) in [6.45, 7) is 5.19. The molecule has 26 heavy (non-hydrogen) atoms. The number of rotatable bonds is 9. The smallest absolute Gasteiger partial charge is 0.234 e. The van der Waals surface area contributed by atoms with Gasteiger partial charge in [0.1, 0.15) is 5.75 Å². The Kier molecular flexibility index (Phi) is 8.71. The molecule has 0 radical (unpaired) electrons. The number of benzene rings is 1. The largest absolute Gasteiger partial charge is 0.493 e. The van der Waals surface area contributed by atoms with Gasteiger partial charge < -0.3 is 15.4 Å². The van der Waals surface area contributed by atoms with Crippen LogP contribution in [-0.2, 0) is 9.59 Å². The number of likely N-dealkylation sites (tertiary alicyclic amines) is 1. The van der Waals surface area contributed by atoms with E-state index >= 15 is 0 Å². The van der Waals surface area contributed by atoms with Gasteiger partial charge in [0.05, 0.1) is 19.6 Å². The average molecular weight is 382 g/mol. The van der Waals surface area contributed by atoms with Crippen LogP contribution in [0.25, 0.3) is 0 Å². The lowest BCUT2D eigenvalue weighted by Gasteiger charge is -2.31. The SMILES string of the molecule is CCCNC(=O)CN1CCC(NC(=O)CCOc2ccc(Cl)cc2)CC1. The van der Waals surface area contributed by atoms with Gasteiger partial charge in [0, 0.05) is 30.7 Å². The number of hydrogen-bond acceptors (Lipinski definition) is 4. The maximum absolute atomic E-state index is 12.0. The van der Waals surface area contributed by atoms with E-state index < -0.39 is 0 Å². The Bertz CT molecular complexity index is 572. The molecule has 0 atom stereocenters. The van der Waals surface area contributed by atoms with Gasteiger partial charge in [0.25, 0.3) is 0 Å². The van der Waals surface area contributed by atoms with E-state index in [-0.39, 0.29) is 17.9 Å². The number of nitrogens with one attached hydrogen (secondary N) is 2. The normalized spacial score (nSPS) is 15.5. The summed E-state index contributed by atoms with van der Waals surface area (Å²) in [5, 5.41) is 6.60. The Morgan fingerprint density at radius 1 is 1.19 bits per heavy atom. The van der Waals surface area contributed by atoms with Crippen molar-refractivity contribution in [3.05, 3.63) is 29.3 Å². The van der Waals surface area contributed by atoms with Gasteiger partial charge in [-0.1, -0.05) is 18.5 Å². The van der Waals surface area contributed by atoms with E-state index in [1.165, 1.54) is 0 Å². The Balaban J connectivity index is 1.58. The molecule has 144 valence electrons. The van der Waals surface area contributed by atoms with Crippen molar-refractivity contribution in [1.29, 1.82) is 0 Å². The molecule has 1 heterocycles. The minimum atomic E-state index is -0.00176. The van der Waals surface area contributed by atoms with E-state index in [1.54, 1.807) is 24.3 Å². The van der Waals surface area contributed by atoms with E-state index in [0.29, 0.717) is 30.3 Å². The molecule has 1 aliphatic heterocycles. The topological polar surface area (TPSA) is 70.7 Å². The van der Waals surface area contributed by atoms with Crippen molar-refractivity contribution in [3.8, 4) is 5.75 Å². The number of ether oxygens (including phenoxy) is 1. The number of piperidine rings is 1. The molecule has 1 fully saturated rings. The maximum atomic E-state index is 12.0. The minimum absolute atomic E-state index is 0.00176. The molecule has 0 aromatic heterocycles. The molecule has 1 aromatic rings. The molecule has 6 nitrogen and oxygen atoms in total. The van der Waals surface area contributed by atoms with E-state index in [0.717, 1.165) is 38.9 Å². The lowest BCUT2D eigenvalue weighted by molar-refractivity contribution is -0.124. The zero-order chi connectivity index (χ0) is 18.8. The third kappa shape index (κ3) is 7.62. The molecular formula is C19H28ClN3O3. The van der Waals surface area contributed by atoms with Crippen LogP contribution in [0.15, 0.2) is 24.3 Å². The molecular weight excluding hydrogens is 354 g/mol. The van der Waals surface area contributed by atoms with Crippen molar-refractivity contribution in [2.24, 2.45) is 0 Å². The summed E-state index contributed by atoms with van der Waals surface area (Å²) in [6, 6.07) is 7.26. The zero-order valence-electron chi connectivity index (χ0n) is 15.3. The van der Waals surface area contributed by atoms with E-state index in [4.69, 9.17) is 16.3 Å². The molecule has 2 amide bonds. The minimum Gasteiger partial charge on any atom is -0.493 e. The average Bonchev–Trinajstić information content (AvgIpc) is 2.63. The summed E-state index contributed by atoms with van der Waals surface area (Å²) in [4.78, 5) is 25.9. The van der Waals surface area contributed by atoms with Crippen LogP contribution in [0.4, 0.5) is 0 Å². The van der Waals surface area contributed by atoms with Crippen LogP contribution in [0, 0.1) is 0 Å². The number of amides is 2. The van der Waals surface area contributed by atoms with Crippen LogP contribution in [-0.4, -0.2) is 55.5 Å². The van der Waals surface area contributed by atoms with Gasteiger partial charge >= 0.3 is 0 Å². The van der Waals surface area contributed by atoms with Crippen molar-refractivity contribution in [3.63, 3.8) is 0 Å². The van der Waals surface area contributed by atoms with Crippen LogP contribution in [0.1, 0.15) is 32.6 Å². The first kappa shape index (κ1) is 20.5. The Labute approximate surface area is 160 Å². The number of nitrogens with zero attached hydrogens (tertiary/aromatic N) is 1. The first-order valence-electron chi connectivity index (χ1n) is 9.23. The fraction of sp³-hybridized carbons (Fsp3) is 0.579. The second-order valence-corrected chi connectivity index (χ2v) is 6.96. The Hall–Kier alpha value is -1.79. The highest BCUT2D eigenvalue weighted by atomic mass is 35.5. The first-order valence-corrected chi connectivity index (χ1v) is 9.61. The lowest BCUT2D eigenvalue weighted by Crippen LogP contribution is -2.47. The van der Waals surface area contributed by atoms with Gasteiger partial charge in [-0.25, -0.2) is 0 Å². The van der Waals surface area contributed by atoms with E-state index in [9.17, 15) is 9.59 Å². The van der Waals surface area contributed by atoms with Crippen LogP contribution in [0.3, 0.4) is 0 Å². The summed E-state index contributed by atoms with van der Waals surface area (Å²) in [5.41, 5.74) is 0. The number of halogens is 1. The van der Waals surface area contributed by atoms with Crippen molar-refractivity contribution >= 4 is 23.4 Å². The lowest BCUT2D eigenvalue weighted by atomic mass is 10.0. The molecule has 0 aliphatic carbocycles. The van der Waals surface area contributed by atoms with Gasteiger partial charge in [0.2, 0.25) is 11.8 Å². The fourth-order valence-electron chi connectivity index (χ4n) is 2.85. The molecule has 1 aliphatic rings. The molecule has 0 bridgehead atoms. The summed E-state index contributed by atoms with van der Waals surface area (Å²) >= 11 is 5.82. The highest BCUT2D eigenvalue weighted by molar-refractivity contribution is 6.30. The molecule has 1 saturated heterocycles. The summed E-state index contributed by atoms with van der Waals surface area (Å²) in [7, 11) is 0. The third-order valence-electron chi connectivity index (χ3n) is 4.30. The highest BCUT2D eigenvalue weighted by Gasteiger charge is 2.21. The van der Waals surface area contributed by atoms with Crippen molar-refractivity contribution in [1.82, 2.24) is 15.5 Å². The van der Waals surface area contributed by atoms with Gasteiger partial charge in [-0.05, 0) is 43.5 Å². The number of hydrogen-bond donors (Lipinski definition) is 2. The van der Waals surface area contributed by atoms with Gasteiger partial charge in [-0.3, -0.25) is 14.5 Å². The van der Waals surface area contributed by atoms with Crippen molar-refractivity contribution in [2.75, 3.05) is 32.8 Å².